The van der Waals surface area contributed by atoms with Gasteiger partial charge in [0.15, 0.2) is 5.13 Å². The number of thiazole rings is 2. The second-order valence-electron chi connectivity index (χ2n) is 6.02. The van der Waals surface area contributed by atoms with E-state index < -0.39 is 0 Å². The summed E-state index contributed by atoms with van der Waals surface area (Å²) in [6.07, 6.45) is 2.44. The van der Waals surface area contributed by atoms with Crippen molar-refractivity contribution in [3.05, 3.63) is 75.2 Å². The van der Waals surface area contributed by atoms with Gasteiger partial charge in [-0.25, -0.2) is 9.97 Å². The van der Waals surface area contributed by atoms with Gasteiger partial charge in [-0.1, -0.05) is 41.9 Å². The molecule has 0 aliphatic carbocycles. The molecule has 1 amide bonds. The number of carbonyl (C=O) groups is 1. The Morgan fingerprint density at radius 3 is 2.79 bits per heavy atom. The first kappa shape index (κ1) is 19.0. The van der Waals surface area contributed by atoms with E-state index in [0.717, 1.165) is 30.7 Å². The lowest BCUT2D eigenvalue weighted by molar-refractivity contribution is -0.121. The summed E-state index contributed by atoms with van der Waals surface area (Å²) in [5, 5.41) is 4.90. The molecule has 5 nitrogen and oxygen atoms in total. The predicted molar refractivity (Wildman–Crippen MR) is 114 cm³/mol. The third-order valence-electron chi connectivity index (χ3n) is 3.92. The van der Waals surface area contributed by atoms with Crippen LogP contribution in [-0.2, 0) is 22.6 Å². The number of hydrogen-bond acceptors (Lipinski definition) is 6. The number of benzene rings is 2. The molecule has 2 aromatic heterocycles. The molecule has 4 rings (SSSR count). The Labute approximate surface area is 175 Å². The molecule has 0 saturated heterocycles. The van der Waals surface area contributed by atoms with E-state index in [1.165, 1.54) is 11.3 Å². The van der Waals surface area contributed by atoms with Crippen LogP contribution in [0.1, 0.15) is 15.4 Å². The van der Waals surface area contributed by atoms with Crippen molar-refractivity contribution in [2.45, 2.75) is 13.0 Å². The fourth-order valence-corrected chi connectivity index (χ4v) is 4.60. The number of halogens is 1. The zero-order valence-electron chi connectivity index (χ0n) is 14.7. The van der Waals surface area contributed by atoms with Crippen LogP contribution in [0, 0.1) is 0 Å². The maximum Gasteiger partial charge on any atom is 0.252 e. The molecule has 8 heteroatoms. The fraction of sp³-hybridized carbons (Fsp3) is 0.150. The number of fused-ring (bicyclic) bond motifs is 1. The van der Waals surface area contributed by atoms with Crippen molar-refractivity contribution in [2.75, 3.05) is 11.9 Å². The lowest BCUT2D eigenvalue weighted by Crippen LogP contribution is -2.17. The summed E-state index contributed by atoms with van der Waals surface area (Å²) < 4.78 is 6.61. The monoisotopic (exact) mass is 429 g/mol. The number of aromatic nitrogens is 2. The van der Waals surface area contributed by atoms with Gasteiger partial charge in [0.2, 0.25) is 0 Å². The van der Waals surface area contributed by atoms with Gasteiger partial charge in [0.25, 0.3) is 5.91 Å². The number of rotatable bonds is 7. The van der Waals surface area contributed by atoms with Gasteiger partial charge in [0.1, 0.15) is 11.6 Å². The smallest absolute Gasteiger partial charge is 0.252 e. The third-order valence-corrected chi connectivity index (χ3v) is 6.21. The van der Waals surface area contributed by atoms with Crippen molar-refractivity contribution in [1.82, 2.24) is 9.97 Å². The standard InChI is InChI=1S/C20H16ClN3O2S2/c21-15-6-2-1-5-13(15)9-14-10-22-20(27-14)24-18(25)11-26-12-19-23-16-7-3-4-8-17(16)28-19/h1-8,10H,9,11-12H2,(H,22,24,25). The van der Waals surface area contributed by atoms with E-state index in [0.29, 0.717) is 18.2 Å². The van der Waals surface area contributed by atoms with Crippen molar-refractivity contribution in [3.8, 4) is 0 Å². The Morgan fingerprint density at radius 1 is 1.11 bits per heavy atom. The molecule has 2 heterocycles. The molecular formula is C20H16ClN3O2S2. The SMILES string of the molecule is O=C(COCc1nc2ccccc2s1)Nc1ncc(Cc2ccccc2Cl)s1. The summed E-state index contributed by atoms with van der Waals surface area (Å²) in [5.41, 5.74) is 1.98. The number of para-hydroxylation sites is 1. The van der Waals surface area contributed by atoms with Crippen LogP contribution in [0.15, 0.2) is 54.7 Å². The summed E-state index contributed by atoms with van der Waals surface area (Å²) in [4.78, 5) is 21.9. The van der Waals surface area contributed by atoms with E-state index >= 15 is 0 Å². The summed E-state index contributed by atoms with van der Waals surface area (Å²) in [6.45, 7) is 0.262. The fourth-order valence-electron chi connectivity index (χ4n) is 2.64. The van der Waals surface area contributed by atoms with Crippen LogP contribution in [0.4, 0.5) is 5.13 Å². The van der Waals surface area contributed by atoms with Crippen LogP contribution in [0.5, 0.6) is 0 Å². The van der Waals surface area contributed by atoms with E-state index in [4.69, 9.17) is 16.3 Å². The molecule has 0 fully saturated rings. The first-order valence-corrected chi connectivity index (χ1v) is 10.6. The van der Waals surface area contributed by atoms with E-state index in [-0.39, 0.29) is 12.5 Å². The predicted octanol–water partition coefficient (Wildman–Crippen LogP) is 5.15. The Kier molecular flexibility index (Phi) is 5.97. The Balaban J connectivity index is 1.27. The van der Waals surface area contributed by atoms with Gasteiger partial charge >= 0.3 is 0 Å². The molecule has 0 radical (unpaired) electrons. The van der Waals surface area contributed by atoms with Gasteiger partial charge in [0, 0.05) is 22.5 Å². The maximum absolute atomic E-state index is 12.1. The molecule has 2 aromatic carbocycles. The largest absolute Gasteiger partial charge is 0.364 e. The van der Waals surface area contributed by atoms with Crippen LogP contribution >= 0.6 is 34.3 Å². The van der Waals surface area contributed by atoms with Gasteiger partial charge in [-0.2, -0.15) is 0 Å². The molecule has 28 heavy (non-hydrogen) atoms. The molecule has 1 N–H and O–H groups in total. The summed E-state index contributed by atoms with van der Waals surface area (Å²) in [6, 6.07) is 15.6. The van der Waals surface area contributed by atoms with Gasteiger partial charge in [0.05, 0.1) is 16.8 Å². The minimum absolute atomic E-state index is 0.0463. The summed E-state index contributed by atoms with van der Waals surface area (Å²) in [7, 11) is 0. The molecule has 0 saturated carbocycles. The van der Waals surface area contributed by atoms with Gasteiger partial charge < -0.3 is 4.74 Å². The van der Waals surface area contributed by atoms with Crippen LogP contribution in [0.2, 0.25) is 5.02 Å². The average molecular weight is 430 g/mol. The van der Waals surface area contributed by atoms with Gasteiger partial charge in [-0.15, -0.1) is 22.7 Å². The molecule has 0 aliphatic heterocycles. The minimum Gasteiger partial charge on any atom is -0.364 e. The summed E-state index contributed by atoms with van der Waals surface area (Å²) in [5.74, 6) is -0.236. The molecule has 4 aromatic rings. The van der Waals surface area contributed by atoms with Crippen molar-refractivity contribution in [3.63, 3.8) is 0 Å². The molecule has 0 bridgehead atoms. The normalized spacial score (nSPS) is 11.0. The highest BCUT2D eigenvalue weighted by Gasteiger charge is 2.10. The minimum atomic E-state index is -0.236. The Bertz CT molecular complexity index is 1080. The van der Waals surface area contributed by atoms with E-state index in [1.807, 2.05) is 48.5 Å². The van der Waals surface area contributed by atoms with Crippen LogP contribution in [0.25, 0.3) is 10.2 Å². The van der Waals surface area contributed by atoms with Crippen molar-refractivity contribution < 1.29 is 9.53 Å². The second kappa shape index (κ2) is 8.79. The van der Waals surface area contributed by atoms with E-state index in [9.17, 15) is 4.79 Å². The first-order valence-electron chi connectivity index (χ1n) is 8.57. The Hall–Kier alpha value is -2.32. The quantitative estimate of drug-likeness (QED) is 0.441. The molecule has 0 aliphatic rings. The van der Waals surface area contributed by atoms with Crippen LogP contribution in [-0.4, -0.2) is 22.5 Å². The third kappa shape index (κ3) is 4.74. The highest BCUT2D eigenvalue weighted by molar-refractivity contribution is 7.18. The highest BCUT2D eigenvalue weighted by Crippen LogP contribution is 2.25. The lowest BCUT2D eigenvalue weighted by atomic mass is 10.1. The molecular weight excluding hydrogens is 414 g/mol. The molecule has 142 valence electrons. The van der Waals surface area contributed by atoms with Gasteiger partial charge in [-0.05, 0) is 23.8 Å². The number of nitrogens with zero attached hydrogens (tertiary/aromatic N) is 2. The van der Waals surface area contributed by atoms with Crippen LogP contribution in [0.3, 0.4) is 0 Å². The number of hydrogen-bond donors (Lipinski definition) is 1. The van der Waals surface area contributed by atoms with Gasteiger partial charge in [-0.3, -0.25) is 10.1 Å². The summed E-state index contributed by atoms with van der Waals surface area (Å²) >= 11 is 9.19. The second-order valence-corrected chi connectivity index (χ2v) is 8.65. The zero-order valence-corrected chi connectivity index (χ0v) is 17.1. The number of carbonyl (C=O) groups excluding carboxylic acids is 1. The van der Waals surface area contributed by atoms with E-state index in [2.05, 4.69) is 15.3 Å². The Morgan fingerprint density at radius 2 is 1.93 bits per heavy atom. The average Bonchev–Trinajstić information content (AvgIpc) is 3.30. The number of ether oxygens (including phenoxy) is 1. The zero-order chi connectivity index (χ0) is 19.3. The molecule has 0 unspecified atom stereocenters. The van der Waals surface area contributed by atoms with Crippen LogP contribution < -0.4 is 5.32 Å². The number of nitrogens with one attached hydrogen (secondary N) is 1. The van der Waals surface area contributed by atoms with Crippen molar-refractivity contribution >= 4 is 55.5 Å². The number of amides is 1. The van der Waals surface area contributed by atoms with Crippen molar-refractivity contribution in [1.29, 1.82) is 0 Å². The topological polar surface area (TPSA) is 64.1 Å². The highest BCUT2D eigenvalue weighted by atomic mass is 35.5. The lowest BCUT2D eigenvalue weighted by Gasteiger charge is -2.02. The molecule has 0 spiro atoms. The molecule has 0 atom stereocenters. The van der Waals surface area contributed by atoms with Crippen molar-refractivity contribution in [2.24, 2.45) is 0 Å². The number of anilines is 1. The maximum atomic E-state index is 12.1. The first-order chi connectivity index (χ1) is 13.7. The van der Waals surface area contributed by atoms with E-state index in [1.54, 1.807) is 17.5 Å².